The van der Waals surface area contributed by atoms with Crippen LogP contribution in [0.4, 0.5) is 17.5 Å². The second-order valence-electron chi connectivity index (χ2n) is 5.08. The van der Waals surface area contributed by atoms with Crippen molar-refractivity contribution in [2.24, 2.45) is 0 Å². The van der Waals surface area contributed by atoms with Crippen LogP contribution in [0.5, 0.6) is 0 Å². The van der Waals surface area contributed by atoms with Gasteiger partial charge in [0.1, 0.15) is 5.82 Å². The average molecular weight is 350 g/mol. The van der Waals surface area contributed by atoms with Crippen LogP contribution in [0.3, 0.4) is 0 Å². The van der Waals surface area contributed by atoms with Crippen molar-refractivity contribution in [3.05, 3.63) is 40.5 Å². The van der Waals surface area contributed by atoms with Crippen LogP contribution in [-0.4, -0.2) is 42.1 Å². The number of aromatic nitrogens is 2. The number of anilines is 3. The summed E-state index contributed by atoms with van der Waals surface area (Å²) in [6.45, 7) is 3.86. The molecule has 1 aromatic heterocycles. The molecule has 2 rings (SSSR count). The van der Waals surface area contributed by atoms with Crippen LogP contribution in [0.2, 0.25) is 0 Å². The van der Waals surface area contributed by atoms with E-state index in [1.165, 1.54) is 5.56 Å². The SMILES string of the molecule is Cc1cc(Nc2nccc(NCCN(C)C)n2)ccc1Br. The van der Waals surface area contributed by atoms with Gasteiger partial charge in [0.2, 0.25) is 5.95 Å². The minimum atomic E-state index is 0.589. The number of benzene rings is 1. The lowest BCUT2D eigenvalue weighted by atomic mass is 10.2. The summed E-state index contributed by atoms with van der Waals surface area (Å²) in [4.78, 5) is 10.8. The van der Waals surface area contributed by atoms with Crippen LogP contribution in [0.1, 0.15) is 5.56 Å². The maximum Gasteiger partial charge on any atom is 0.229 e. The maximum absolute atomic E-state index is 4.45. The van der Waals surface area contributed by atoms with Gasteiger partial charge in [0.25, 0.3) is 0 Å². The molecule has 2 aromatic rings. The fourth-order valence-electron chi connectivity index (χ4n) is 1.78. The van der Waals surface area contributed by atoms with Gasteiger partial charge in [-0.2, -0.15) is 4.98 Å². The highest BCUT2D eigenvalue weighted by Gasteiger charge is 2.02. The second kappa shape index (κ2) is 7.38. The van der Waals surface area contributed by atoms with Crippen molar-refractivity contribution in [2.45, 2.75) is 6.92 Å². The summed E-state index contributed by atoms with van der Waals surface area (Å²) in [5, 5.41) is 6.50. The monoisotopic (exact) mass is 349 g/mol. The van der Waals surface area contributed by atoms with E-state index in [1.807, 2.05) is 32.3 Å². The van der Waals surface area contributed by atoms with Gasteiger partial charge in [0, 0.05) is 29.4 Å². The van der Waals surface area contributed by atoms with Gasteiger partial charge in [0.05, 0.1) is 0 Å². The molecule has 1 aromatic carbocycles. The minimum absolute atomic E-state index is 0.589. The molecule has 0 atom stereocenters. The summed E-state index contributed by atoms with van der Waals surface area (Å²) in [6, 6.07) is 7.93. The van der Waals surface area contributed by atoms with Crippen molar-refractivity contribution in [3.63, 3.8) is 0 Å². The molecule has 6 heteroatoms. The molecule has 0 aliphatic rings. The number of hydrogen-bond donors (Lipinski definition) is 2. The lowest BCUT2D eigenvalue weighted by molar-refractivity contribution is 0.425. The molecule has 0 fully saturated rings. The number of nitrogens with one attached hydrogen (secondary N) is 2. The average Bonchev–Trinajstić information content (AvgIpc) is 2.43. The molecule has 0 bridgehead atoms. The Bertz CT molecular complexity index is 600. The topological polar surface area (TPSA) is 53.1 Å². The zero-order valence-electron chi connectivity index (χ0n) is 12.5. The van der Waals surface area contributed by atoms with E-state index in [0.717, 1.165) is 29.1 Å². The normalized spacial score (nSPS) is 10.7. The van der Waals surface area contributed by atoms with Crippen LogP contribution in [0.25, 0.3) is 0 Å². The van der Waals surface area contributed by atoms with Crippen molar-refractivity contribution in [2.75, 3.05) is 37.8 Å². The van der Waals surface area contributed by atoms with Gasteiger partial charge in [0.15, 0.2) is 0 Å². The molecule has 21 heavy (non-hydrogen) atoms. The van der Waals surface area contributed by atoms with E-state index in [0.29, 0.717) is 5.95 Å². The molecule has 0 spiro atoms. The molecular formula is C15H20BrN5. The maximum atomic E-state index is 4.45. The van der Waals surface area contributed by atoms with Gasteiger partial charge in [-0.3, -0.25) is 0 Å². The quantitative estimate of drug-likeness (QED) is 0.838. The Kier molecular flexibility index (Phi) is 5.52. The first-order chi connectivity index (χ1) is 10.0. The van der Waals surface area contributed by atoms with Gasteiger partial charge in [-0.25, -0.2) is 4.98 Å². The van der Waals surface area contributed by atoms with E-state index in [1.54, 1.807) is 6.20 Å². The van der Waals surface area contributed by atoms with E-state index in [2.05, 4.69) is 54.4 Å². The van der Waals surface area contributed by atoms with Crippen LogP contribution in [0.15, 0.2) is 34.9 Å². The van der Waals surface area contributed by atoms with E-state index < -0.39 is 0 Å². The van der Waals surface area contributed by atoms with Gasteiger partial charge < -0.3 is 15.5 Å². The molecule has 0 radical (unpaired) electrons. The van der Waals surface area contributed by atoms with Crippen molar-refractivity contribution in [1.29, 1.82) is 0 Å². The summed E-state index contributed by atoms with van der Waals surface area (Å²) in [5.74, 6) is 1.41. The lowest BCUT2D eigenvalue weighted by Gasteiger charge is -2.12. The Morgan fingerprint density at radius 3 is 2.76 bits per heavy atom. The van der Waals surface area contributed by atoms with Crippen LogP contribution in [-0.2, 0) is 0 Å². The van der Waals surface area contributed by atoms with Crippen molar-refractivity contribution in [1.82, 2.24) is 14.9 Å². The van der Waals surface area contributed by atoms with Crippen LogP contribution in [0, 0.1) is 6.92 Å². The zero-order valence-corrected chi connectivity index (χ0v) is 14.1. The first-order valence-electron chi connectivity index (χ1n) is 6.79. The molecule has 0 aliphatic heterocycles. The lowest BCUT2D eigenvalue weighted by Crippen LogP contribution is -2.21. The van der Waals surface area contributed by atoms with E-state index >= 15 is 0 Å². The molecule has 0 saturated heterocycles. The first-order valence-corrected chi connectivity index (χ1v) is 7.59. The number of likely N-dealkylation sites (N-methyl/N-ethyl adjacent to an activating group) is 1. The number of rotatable bonds is 6. The third-order valence-electron chi connectivity index (χ3n) is 2.93. The molecule has 0 unspecified atom stereocenters. The minimum Gasteiger partial charge on any atom is -0.369 e. The van der Waals surface area contributed by atoms with Gasteiger partial charge in [-0.15, -0.1) is 0 Å². The highest BCUT2D eigenvalue weighted by atomic mass is 79.9. The van der Waals surface area contributed by atoms with Gasteiger partial charge in [-0.1, -0.05) is 15.9 Å². The number of nitrogens with zero attached hydrogens (tertiary/aromatic N) is 3. The van der Waals surface area contributed by atoms with Crippen LogP contribution < -0.4 is 10.6 Å². The van der Waals surface area contributed by atoms with E-state index in [4.69, 9.17) is 0 Å². The fraction of sp³-hybridized carbons (Fsp3) is 0.333. The number of aryl methyl sites for hydroxylation is 1. The second-order valence-corrected chi connectivity index (χ2v) is 5.94. The number of halogens is 1. The standard InChI is InChI=1S/C15H20BrN5/c1-11-10-12(4-5-13(11)16)19-15-18-7-6-14(20-15)17-8-9-21(2)3/h4-7,10H,8-9H2,1-3H3,(H2,17,18,19,20). The Labute approximate surface area is 133 Å². The summed E-state index contributed by atoms with van der Waals surface area (Å²) in [6.07, 6.45) is 1.75. The summed E-state index contributed by atoms with van der Waals surface area (Å²) < 4.78 is 1.09. The van der Waals surface area contributed by atoms with Gasteiger partial charge >= 0.3 is 0 Å². The summed E-state index contributed by atoms with van der Waals surface area (Å²) in [5.41, 5.74) is 2.14. The Morgan fingerprint density at radius 2 is 2.05 bits per heavy atom. The molecule has 112 valence electrons. The third kappa shape index (κ3) is 4.99. The van der Waals surface area contributed by atoms with E-state index in [9.17, 15) is 0 Å². The van der Waals surface area contributed by atoms with Gasteiger partial charge in [-0.05, 0) is 50.8 Å². The largest absolute Gasteiger partial charge is 0.369 e. The third-order valence-corrected chi connectivity index (χ3v) is 3.82. The molecule has 1 heterocycles. The smallest absolute Gasteiger partial charge is 0.229 e. The van der Waals surface area contributed by atoms with Crippen molar-refractivity contribution < 1.29 is 0 Å². The zero-order chi connectivity index (χ0) is 15.2. The molecule has 0 saturated carbocycles. The highest BCUT2D eigenvalue weighted by Crippen LogP contribution is 2.22. The van der Waals surface area contributed by atoms with E-state index in [-0.39, 0.29) is 0 Å². The van der Waals surface area contributed by atoms with Crippen LogP contribution >= 0.6 is 15.9 Å². The van der Waals surface area contributed by atoms with Crippen molar-refractivity contribution in [3.8, 4) is 0 Å². The Hall–Kier alpha value is -1.66. The Balaban J connectivity index is 2.01. The molecule has 0 amide bonds. The first kappa shape index (κ1) is 15.7. The molecular weight excluding hydrogens is 330 g/mol. The predicted molar refractivity (Wildman–Crippen MR) is 91.2 cm³/mol. The molecule has 5 nitrogen and oxygen atoms in total. The highest BCUT2D eigenvalue weighted by molar-refractivity contribution is 9.10. The predicted octanol–water partition coefficient (Wildman–Crippen LogP) is 3.26. The number of hydrogen-bond acceptors (Lipinski definition) is 5. The Morgan fingerprint density at radius 1 is 1.24 bits per heavy atom. The fourth-order valence-corrected chi connectivity index (χ4v) is 2.02. The molecule has 2 N–H and O–H groups in total. The van der Waals surface area contributed by atoms with Crippen molar-refractivity contribution >= 4 is 33.4 Å². The summed E-state index contributed by atoms with van der Waals surface area (Å²) in [7, 11) is 4.09. The summed E-state index contributed by atoms with van der Waals surface area (Å²) >= 11 is 3.49. The molecule has 0 aliphatic carbocycles.